The maximum Gasteiger partial charge on any atom is 0.432 e. The zero-order valence-corrected chi connectivity index (χ0v) is 8.74. The minimum atomic E-state index is -4.61. The standard InChI is InChI=1S/C7H9F3N2O.C2H6/c8-7(9,10)6(12)4-1-2-13-3-5(4)11;1-2/h12H,1-3,11H2;1-2H3. The van der Waals surface area contributed by atoms with E-state index in [1.807, 2.05) is 13.8 Å². The zero-order valence-electron chi connectivity index (χ0n) is 8.74. The molecule has 0 aromatic heterocycles. The summed E-state index contributed by atoms with van der Waals surface area (Å²) in [6.45, 7) is 4.17. The van der Waals surface area contributed by atoms with Crippen molar-refractivity contribution in [2.24, 2.45) is 5.73 Å². The molecule has 0 aromatic rings. The van der Waals surface area contributed by atoms with Crippen molar-refractivity contribution in [3.8, 4) is 0 Å². The maximum absolute atomic E-state index is 12.1. The number of rotatable bonds is 1. The molecule has 0 radical (unpaired) electrons. The predicted molar refractivity (Wildman–Crippen MR) is 51.8 cm³/mol. The summed E-state index contributed by atoms with van der Waals surface area (Å²) >= 11 is 0. The average Bonchev–Trinajstić information content (AvgIpc) is 2.19. The number of halogens is 3. The van der Waals surface area contributed by atoms with Gasteiger partial charge in [-0.1, -0.05) is 13.8 Å². The van der Waals surface area contributed by atoms with Crippen LogP contribution in [0, 0.1) is 5.41 Å². The fourth-order valence-corrected chi connectivity index (χ4v) is 1.06. The lowest BCUT2D eigenvalue weighted by Crippen LogP contribution is -2.30. The molecule has 0 fully saturated rings. The normalized spacial score (nSPS) is 16.9. The zero-order chi connectivity index (χ0) is 12.1. The SMILES string of the molecule is CC.N=C(C1=C(N)COCC1)C(F)(F)F. The van der Waals surface area contributed by atoms with Crippen molar-refractivity contribution >= 4 is 5.71 Å². The van der Waals surface area contributed by atoms with Gasteiger partial charge in [-0.15, -0.1) is 0 Å². The Bertz CT molecular complexity index is 259. The van der Waals surface area contributed by atoms with Crippen molar-refractivity contribution in [3.05, 3.63) is 11.3 Å². The van der Waals surface area contributed by atoms with Gasteiger partial charge in [0.05, 0.1) is 13.2 Å². The second-order valence-corrected chi connectivity index (χ2v) is 2.68. The molecule has 3 nitrogen and oxygen atoms in total. The Hall–Kier alpha value is -1.04. The van der Waals surface area contributed by atoms with E-state index >= 15 is 0 Å². The van der Waals surface area contributed by atoms with Crippen molar-refractivity contribution in [2.45, 2.75) is 26.4 Å². The van der Waals surface area contributed by atoms with Gasteiger partial charge < -0.3 is 10.5 Å². The lowest BCUT2D eigenvalue weighted by Gasteiger charge is -2.19. The molecular formula is C9H15F3N2O. The van der Waals surface area contributed by atoms with Gasteiger partial charge in [0.1, 0.15) is 5.71 Å². The summed E-state index contributed by atoms with van der Waals surface area (Å²) < 4.78 is 41.0. The average molecular weight is 224 g/mol. The molecule has 0 spiro atoms. The van der Waals surface area contributed by atoms with Crippen LogP contribution in [0.5, 0.6) is 0 Å². The van der Waals surface area contributed by atoms with Gasteiger partial charge in [0.2, 0.25) is 0 Å². The number of nitrogens with one attached hydrogen (secondary N) is 1. The van der Waals surface area contributed by atoms with E-state index in [1.54, 1.807) is 0 Å². The molecule has 6 heteroatoms. The van der Waals surface area contributed by atoms with Crippen LogP contribution in [-0.4, -0.2) is 25.1 Å². The fraction of sp³-hybridized carbons (Fsp3) is 0.667. The van der Waals surface area contributed by atoms with Gasteiger partial charge in [-0.05, 0) is 6.42 Å². The highest BCUT2D eigenvalue weighted by molar-refractivity contribution is 6.02. The minimum Gasteiger partial charge on any atom is -0.400 e. The molecule has 0 unspecified atom stereocenters. The van der Waals surface area contributed by atoms with Gasteiger partial charge in [-0.2, -0.15) is 13.2 Å². The number of hydrogen-bond acceptors (Lipinski definition) is 3. The molecule has 0 saturated carbocycles. The van der Waals surface area contributed by atoms with E-state index in [9.17, 15) is 13.2 Å². The first-order valence-electron chi connectivity index (χ1n) is 4.64. The summed E-state index contributed by atoms with van der Waals surface area (Å²) in [6.07, 6.45) is -4.55. The van der Waals surface area contributed by atoms with E-state index in [4.69, 9.17) is 15.9 Å². The monoisotopic (exact) mass is 224 g/mol. The van der Waals surface area contributed by atoms with E-state index in [0.717, 1.165) is 0 Å². The first-order valence-corrected chi connectivity index (χ1v) is 4.64. The second-order valence-electron chi connectivity index (χ2n) is 2.68. The van der Waals surface area contributed by atoms with Crippen LogP contribution >= 0.6 is 0 Å². The van der Waals surface area contributed by atoms with Crippen LogP contribution in [0.4, 0.5) is 13.2 Å². The van der Waals surface area contributed by atoms with Gasteiger partial charge in [-0.25, -0.2) is 0 Å². The van der Waals surface area contributed by atoms with Gasteiger partial charge in [-0.3, -0.25) is 5.41 Å². The van der Waals surface area contributed by atoms with Crippen LogP contribution < -0.4 is 5.73 Å². The smallest absolute Gasteiger partial charge is 0.400 e. The van der Waals surface area contributed by atoms with Crippen molar-refractivity contribution in [3.63, 3.8) is 0 Å². The Morgan fingerprint density at radius 2 is 1.93 bits per heavy atom. The summed E-state index contributed by atoms with van der Waals surface area (Å²) in [5.74, 6) is 0. The van der Waals surface area contributed by atoms with Gasteiger partial charge >= 0.3 is 6.18 Å². The van der Waals surface area contributed by atoms with Crippen molar-refractivity contribution < 1.29 is 17.9 Å². The maximum atomic E-state index is 12.1. The van der Waals surface area contributed by atoms with E-state index < -0.39 is 11.9 Å². The number of nitrogens with two attached hydrogens (primary N) is 1. The van der Waals surface area contributed by atoms with Crippen LogP contribution in [0.1, 0.15) is 20.3 Å². The third kappa shape index (κ3) is 3.91. The summed E-state index contributed by atoms with van der Waals surface area (Å²) in [6, 6.07) is 0. The lowest BCUT2D eigenvalue weighted by atomic mass is 10.0. The Balaban J connectivity index is 0.000000921. The Morgan fingerprint density at radius 3 is 2.33 bits per heavy atom. The summed E-state index contributed by atoms with van der Waals surface area (Å²) in [4.78, 5) is 0. The summed E-state index contributed by atoms with van der Waals surface area (Å²) in [5.41, 5.74) is 3.80. The molecule has 3 N–H and O–H groups in total. The summed E-state index contributed by atoms with van der Waals surface area (Å²) in [7, 11) is 0. The van der Waals surface area contributed by atoms with E-state index in [0.29, 0.717) is 0 Å². The van der Waals surface area contributed by atoms with Gasteiger partial charge in [0.25, 0.3) is 0 Å². The van der Waals surface area contributed by atoms with Crippen LogP contribution in [0.3, 0.4) is 0 Å². The molecule has 15 heavy (non-hydrogen) atoms. The number of alkyl halides is 3. The molecule has 1 heterocycles. The van der Waals surface area contributed by atoms with E-state index in [1.165, 1.54) is 0 Å². The van der Waals surface area contributed by atoms with Crippen LogP contribution in [0.2, 0.25) is 0 Å². The van der Waals surface area contributed by atoms with Gasteiger partial charge in [0.15, 0.2) is 0 Å². The molecule has 0 amide bonds. The van der Waals surface area contributed by atoms with Crippen molar-refractivity contribution in [1.82, 2.24) is 0 Å². The van der Waals surface area contributed by atoms with Gasteiger partial charge in [0, 0.05) is 11.3 Å². The minimum absolute atomic E-state index is 0.00794. The molecule has 0 saturated heterocycles. The third-order valence-electron chi connectivity index (χ3n) is 1.73. The molecule has 1 aliphatic rings. The van der Waals surface area contributed by atoms with Crippen LogP contribution in [0.25, 0.3) is 0 Å². The molecule has 0 aliphatic carbocycles. The van der Waals surface area contributed by atoms with Crippen LogP contribution in [0.15, 0.2) is 11.3 Å². The second kappa shape index (κ2) is 5.75. The Morgan fingerprint density at radius 1 is 1.40 bits per heavy atom. The van der Waals surface area contributed by atoms with Crippen molar-refractivity contribution in [1.29, 1.82) is 5.41 Å². The fourth-order valence-electron chi connectivity index (χ4n) is 1.06. The highest BCUT2D eigenvalue weighted by Crippen LogP contribution is 2.25. The Kier molecular flexibility index (Phi) is 5.35. The van der Waals surface area contributed by atoms with Crippen molar-refractivity contribution in [2.75, 3.05) is 13.2 Å². The molecule has 0 bridgehead atoms. The van der Waals surface area contributed by atoms with Crippen LogP contribution in [-0.2, 0) is 4.74 Å². The molecule has 0 aromatic carbocycles. The first kappa shape index (κ1) is 14.0. The lowest BCUT2D eigenvalue weighted by molar-refractivity contribution is -0.0594. The molecule has 1 aliphatic heterocycles. The third-order valence-corrected chi connectivity index (χ3v) is 1.73. The predicted octanol–water partition coefficient (Wildman–Crippen LogP) is 2.23. The highest BCUT2D eigenvalue weighted by Gasteiger charge is 2.37. The topological polar surface area (TPSA) is 59.1 Å². The largest absolute Gasteiger partial charge is 0.432 e. The highest BCUT2D eigenvalue weighted by atomic mass is 19.4. The quantitative estimate of drug-likeness (QED) is 0.671. The van der Waals surface area contributed by atoms with E-state index in [-0.39, 0.29) is 30.9 Å². The Labute approximate surface area is 86.6 Å². The first-order chi connectivity index (χ1) is 6.93. The number of ether oxygens (including phenoxy) is 1. The molecular weight excluding hydrogens is 209 g/mol. The summed E-state index contributed by atoms with van der Waals surface area (Å²) in [5, 5.41) is 6.85. The van der Waals surface area contributed by atoms with E-state index in [2.05, 4.69) is 0 Å². The molecule has 1 rings (SSSR count). The molecule has 0 atom stereocenters. The number of hydrogen-bond donors (Lipinski definition) is 2. The molecule has 88 valence electrons.